The van der Waals surface area contributed by atoms with Crippen molar-refractivity contribution in [3.05, 3.63) is 0 Å². The van der Waals surface area contributed by atoms with Crippen LogP contribution in [0, 0.1) is 0 Å². The molecule has 0 saturated carbocycles. The van der Waals surface area contributed by atoms with Crippen LogP contribution >= 0.6 is 0 Å². The zero-order chi connectivity index (χ0) is 6.74. The molecule has 0 bridgehead atoms. The van der Waals surface area contributed by atoms with E-state index in [0.29, 0.717) is 0 Å². The van der Waals surface area contributed by atoms with Crippen LogP contribution in [-0.2, 0) is 9.47 Å². The Labute approximate surface area is 55.3 Å². The first-order valence-corrected chi connectivity index (χ1v) is 3.18. The molecule has 0 amide bonds. The molecule has 0 spiro atoms. The zero-order valence-electron chi connectivity index (χ0n) is 5.94. The summed E-state index contributed by atoms with van der Waals surface area (Å²) in [6, 6.07) is 0. The van der Waals surface area contributed by atoms with Crippen LogP contribution in [-0.4, -0.2) is 26.7 Å². The number of hydrogen-bond donors (Lipinski definition) is 1. The Bertz CT molecular complexity index is 83.1. The Morgan fingerprint density at radius 1 is 1.33 bits per heavy atom. The summed E-state index contributed by atoms with van der Waals surface area (Å²) in [6.07, 6.45) is 2.07. The Balaban J connectivity index is 2.45. The maximum atomic E-state index is 5.11. The molecule has 1 fully saturated rings. The summed E-state index contributed by atoms with van der Waals surface area (Å²) in [5.41, 5.74) is 0. The first-order chi connectivity index (χ1) is 4.33. The molecule has 0 aliphatic carbocycles. The third-order valence-corrected chi connectivity index (χ3v) is 1.74. The number of methoxy groups -OCH3 is 2. The van der Waals surface area contributed by atoms with E-state index in [1.807, 2.05) is 0 Å². The average molecular weight is 131 g/mol. The molecule has 9 heavy (non-hydrogen) atoms. The maximum Gasteiger partial charge on any atom is 0.226 e. The first-order valence-electron chi connectivity index (χ1n) is 3.18. The van der Waals surface area contributed by atoms with E-state index in [9.17, 15) is 0 Å². The quantitative estimate of drug-likeness (QED) is 0.547. The van der Waals surface area contributed by atoms with Crippen LogP contribution in [0.4, 0.5) is 0 Å². The van der Waals surface area contributed by atoms with Gasteiger partial charge in [-0.05, 0) is 6.42 Å². The topological polar surface area (TPSA) is 30.5 Å². The van der Waals surface area contributed by atoms with Gasteiger partial charge in [-0.3, -0.25) is 5.32 Å². The van der Waals surface area contributed by atoms with Gasteiger partial charge in [-0.2, -0.15) is 0 Å². The Morgan fingerprint density at radius 3 is 2.22 bits per heavy atom. The highest BCUT2D eigenvalue weighted by molar-refractivity contribution is 4.73. The van der Waals surface area contributed by atoms with Crippen LogP contribution in [0.1, 0.15) is 12.8 Å². The van der Waals surface area contributed by atoms with E-state index in [1.54, 1.807) is 14.2 Å². The summed E-state index contributed by atoms with van der Waals surface area (Å²) in [4.78, 5) is 0. The zero-order valence-corrected chi connectivity index (χ0v) is 5.94. The number of ether oxygens (including phenoxy) is 2. The third kappa shape index (κ3) is 1.23. The number of rotatable bonds is 2. The molecule has 0 unspecified atom stereocenters. The van der Waals surface area contributed by atoms with E-state index < -0.39 is 5.91 Å². The summed E-state index contributed by atoms with van der Waals surface area (Å²) in [5.74, 6) is -0.472. The SMILES string of the molecule is COC1(OC)CCCN1. The number of nitrogens with one attached hydrogen (secondary N) is 1. The van der Waals surface area contributed by atoms with Gasteiger partial charge < -0.3 is 9.47 Å². The minimum Gasteiger partial charge on any atom is -0.341 e. The third-order valence-electron chi connectivity index (χ3n) is 1.74. The van der Waals surface area contributed by atoms with E-state index in [-0.39, 0.29) is 0 Å². The van der Waals surface area contributed by atoms with Gasteiger partial charge in [0.1, 0.15) is 0 Å². The van der Waals surface area contributed by atoms with Crippen molar-refractivity contribution in [2.24, 2.45) is 0 Å². The van der Waals surface area contributed by atoms with Crippen LogP contribution in [0.2, 0.25) is 0 Å². The lowest BCUT2D eigenvalue weighted by Gasteiger charge is -2.25. The predicted octanol–water partition coefficient (Wildman–Crippen LogP) is 0.316. The highest BCUT2D eigenvalue weighted by Gasteiger charge is 2.32. The lowest BCUT2D eigenvalue weighted by atomic mass is 10.3. The molecule has 1 rings (SSSR count). The van der Waals surface area contributed by atoms with E-state index in [0.717, 1.165) is 19.4 Å². The van der Waals surface area contributed by atoms with Gasteiger partial charge in [0.05, 0.1) is 0 Å². The van der Waals surface area contributed by atoms with E-state index in [2.05, 4.69) is 5.32 Å². The lowest BCUT2D eigenvalue weighted by molar-refractivity contribution is -0.216. The van der Waals surface area contributed by atoms with Crippen LogP contribution in [0.25, 0.3) is 0 Å². The van der Waals surface area contributed by atoms with Gasteiger partial charge in [-0.15, -0.1) is 0 Å². The summed E-state index contributed by atoms with van der Waals surface area (Å²) in [7, 11) is 3.31. The van der Waals surface area contributed by atoms with Crippen molar-refractivity contribution in [2.45, 2.75) is 18.8 Å². The van der Waals surface area contributed by atoms with Crippen molar-refractivity contribution >= 4 is 0 Å². The summed E-state index contributed by atoms with van der Waals surface area (Å²) >= 11 is 0. The van der Waals surface area contributed by atoms with E-state index >= 15 is 0 Å². The Morgan fingerprint density at radius 2 is 2.00 bits per heavy atom. The molecular formula is C6H13NO2. The van der Waals surface area contributed by atoms with Crippen LogP contribution in [0.5, 0.6) is 0 Å². The fourth-order valence-electron chi connectivity index (χ4n) is 1.12. The minimum absolute atomic E-state index is 0.472. The summed E-state index contributed by atoms with van der Waals surface area (Å²) < 4.78 is 10.2. The van der Waals surface area contributed by atoms with Gasteiger partial charge >= 0.3 is 0 Å². The summed E-state index contributed by atoms with van der Waals surface area (Å²) in [6.45, 7) is 0.988. The second-order valence-corrected chi connectivity index (χ2v) is 2.19. The molecule has 0 atom stereocenters. The van der Waals surface area contributed by atoms with Crippen molar-refractivity contribution in [3.8, 4) is 0 Å². The predicted molar refractivity (Wildman–Crippen MR) is 34.0 cm³/mol. The molecule has 54 valence electrons. The fourth-order valence-corrected chi connectivity index (χ4v) is 1.12. The molecule has 3 nitrogen and oxygen atoms in total. The molecular weight excluding hydrogens is 118 g/mol. The van der Waals surface area contributed by atoms with E-state index in [4.69, 9.17) is 9.47 Å². The first kappa shape index (κ1) is 6.99. The van der Waals surface area contributed by atoms with Gasteiger partial charge in [0.25, 0.3) is 0 Å². The second kappa shape index (κ2) is 2.64. The minimum atomic E-state index is -0.472. The van der Waals surface area contributed by atoms with Crippen molar-refractivity contribution in [1.29, 1.82) is 0 Å². The molecule has 0 aromatic carbocycles. The monoisotopic (exact) mass is 131 g/mol. The van der Waals surface area contributed by atoms with Gasteiger partial charge in [0, 0.05) is 27.2 Å². The molecule has 1 heterocycles. The van der Waals surface area contributed by atoms with Gasteiger partial charge in [0.2, 0.25) is 5.91 Å². The molecule has 3 heteroatoms. The van der Waals surface area contributed by atoms with Crippen molar-refractivity contribution < 1.29 is 9.47 Å². The fraction of sp³-hybridized carbons (Fsp3) is 1.00. The van der Waals surface area contributed by atoms with Crippen molar-refractivity contribution in [1.82, 2.24) is 5.32 Å². The Kier molecular flexibility index (Phi) is 2.05. The lowest BCUT2D eigenvalue weighted by Crippen LogP contribution is -2.43. The van der Waals surface area contributed by atoms with Crippen LogP contribution in [0.3, 0.4) is 0 Å². The number of hydrogen-bond acceptors (Lipinski definition) is 3. The van der Waals surface area contributed by atoms with Crippen LogP contribution < -0.4 is 5.32 Å². The maximum absolute atomic E-state index is 5.11. The van der Waals surface area contributed by atoms with Crippen LogP contribution in [0.15, 0.2) is 0 Å². The Hall–Kier alpha value is -0.120. The normalized spacial score (nSPS) is 24.7. The van der Waals surface area contributed by atoms with Crippen molar-refractivity contribution in [3.63, 3.8) is 0 Å². The molecule has 0 aromatic rings. The smallest absolute Gasteiger partial charge is 0.226 e. The molecule has 1 aliphatic rings. The molecule has 1 aliphatic heterocycles. The van der Waals surface area contributed by atoms with Gasteiger partial charge in [-0.25, -0.2) is 0 Å². The summed E-state index contributed by atoms with van der Waals surface area (Å²) in [5, 5.41) is 3.12. The van der Waals surface area contributed by atoms with Gasteiger partial charge in [0.15, 0.2) is 0 Å². The van der Waals surface area contributed by atoms with E-state index in [1.165, 1.54) is 0 Å². The molecule has 1 N–H and O–H groups in total. The molecule has 1 saturated heterocycles. The molecule has 0 radical (unpaired) electrons. The van der Waals surface area contributed by atoms with Gasteiger partial charge in [-0.1, -0.05) is 0 Å². The highest BCUT2D eigenvalue weighted by Crippen LogP contribution is 2.19. The average Bonchev–Trinajstić information content (AvgIpc) is 2.36. The second-order valence-electron chi connectivity index (χ2n) is 2.19. The molecule has 0 aromatic heterocycles. The largest absolute Gasteiger partial charge is 0.341 e. The van der Waals surface area contributed by atoms with Crippen molar-refractivity contribution in [2.75, 3.05) is 20.8 Å². The standard InChI is InChI=1S/C6H13NO2/c1-8-6(9-2)4-3-5-7-6/h7H,3-5H2,1-2H3. The highest BCUT2D eigenvalue weighted by atomic mass is 16.7.